The molecule has 0 saturated heterocycles. The zero-order valence-corrected chi connectivity index (χ0v) is 22.1. The standard InChI is InChI=1S/C13H17NO4.C8H9NO4.C5H10O/c1-8(9-4-5-9)18-12-7-14-10(13(15)17-3)6-11(12)16-2;1-12-7-3-5(8(11)13-2)9-4-6(7)10;1-4(6)5-2-3-5/h6-9H,4-5H2,1-3H3;3-4,10H,1-2H3;4-6H,2-3H2,1H3/t8-;;4-/m1.0/s1. The van der Waals surface area contributed by atoms with Crippen LogP contribution in [0.4, 0.5) is 0 Å². The zero-order chi connectivity index (χ0) is 27.5. The SMILES string of the molecule is COC(=O)c1cc(OC)c(O)cn1.COC(=O)c1cc(OC)c(O[C@H](C)C2CC2)cn1.C[C@H](O)C1CC1. The number of nitrogens with zero attached hydrogens (tertiary/aromatic N) is 2. The summed E-state index contributed by atoms with van der Waals surface area (Å²) in [6.07, 6.45) is 7.65. The number of esters is 2. The third-order valence-electron chi connectivity index (χ3n) is 5.81. The highest BCUT2D eigenvalue weighted by Crippen LogP contribution is 2.37. The summed E-state index contributed by atoms with van der Waals surface area (Å²) in [5, 5.41) is 17.8. The molecule has 2 aliphatic carbocycles. The molecular formula is C26H36N2O9. The molecule has 11 nitrogen and oxygen atoms in total. The van der Waals surface area contributed by atoms with E-state index in [1.165, 1.54) is 72.5 Å². The summed E-state index contributed by atoms with van der Waals surface area (Å²) in [5.74, 6) is 1.35. The predicted octanol–water partition coefficient (Wildman–Crippen LogP) is 3.41. The van der Waals surface area contributed by atoms with E-state index >= 15 is 0 Å². The van der Waals surface area contributed by atoms with Crippen molar-refractivity contribution in [2.45, 2.75) is 51.7 Å². The van der Waals surface area contributed by atoms with Crippen molar-refractivity contribution in [3.63, 3.8) is 0 Å². The normalized spacial score (nSPS) is 15.4. The molecule has 0 spiro atoms. The Morgan fingerprint density at radius 3 is 1.70 bits per heavy atom. The molecule has 2 fully saturated rings. The van der Waals surface area contributed by atoms with E-state index in [1.807, 2.05) is 13.8 Å². The van der Waals surface area contributed by atoms with Gasteiger partial charge >= 0.3 is 11.9 Å². The van der Waals surface area contributed by atoms with E-state index in [2.05, 4.69) is 19.4 Å². The average molecular weight is 521 g/mol. The van der Waals surface area contributed by atoms with Gasteiger partial charge in [0.1, 0.15) is 0 Å². The van der Waals surface area contributed by atoms with Gasteiger partial charge in [-0.05, 0) is 51.4 Å². The Balaban J connectivity index is 0.000000220. The van der Waals surface area contributed by atoms with E-state index in [0.29, 0.717) is 23.3 Å². The highest BCUT2D eigenvalue weighted by Gasteiger charge is 2.30. The number of aliphatic hydroxyl groups excluding tert-OH is 1. The average Bonchev–Trinajstić information content (AvgIpc) is 3.81. The van der Waals surface area contributed by atoms with Crippen LogP contribution in [0, 0.1) is 11.8 Å². The maximum Gasteiger partial charge on any atom is 0.356 e. The van der Waals surface area contributed by atoms with Gasteiger partial charge in [-0.15, -0.1) is 0 Å². The van der Waals surface area contributed by atoms with E-state index in [-0.39, 0.29) is 35.1 Å². The van der Waals surface area contributed by atoms with Crippen molar-refractivity contribution in [1.29, 1.82) is 0 Å². The number of aromatic nitrogens is 2. The molecule has 0 aliphatic heterocycles. The predicted molar refractivity (Wildman–Crippen MR) is 133 cm³/mol. The highest BCUT2D eigenvalue weighted by molar-refractivity contribution is 5.88. The number of pyridine rings is 2. The minimum Gasteiger partial charge on any atom is -0.503 e. The molecule has 2 N–H and O–H groups in total. The quantitative estimate of drug-likeness (QED) is 0.494. The third-order valence-corrected chi connectivity index (χ3v) is 5.81. The van der Waals surface area contributed by atoms with Crippen molar-refractivity contribution < 1.29 is 43.5 Å². The molecule has 0 radical (unpaired) electrons. The van der Waals surface area contributed by atoms with E-state index in [1.54, 1.807) is 0 Å². The zero-order valence-electron chi connectivity index (χ0n) is 22.1. The molecular weight excluding hydrogens is 484 g/mol. The molecule has 2 atom stereocenters. The van der Waals surface area contributed by atoms with Gasteiger partial charge in [-0.2, -0.15) is 0 Å². The lowest BCUT2D eigenvalue weighted by molar-refractivity contribution is 0.0584. The maximum atomic E-state index is 11.4. The smallest absolute Gasteiger partial charge is 0.356 e. The Kier molecular flexibility index (Phi) is 11.4. The number of ether oxygens (including phenoxy) is 5. The van der Waals surface area contributed by atoms with Crippen LogP contribution in [0.15, 0.2) is 24.5 Å². The lowest BCUT2D eigenvalue weighted by atomic mass is 10.2. The highest BCUT2D eigenvalue weighted by atomic mass is 16.5. The third kappa shape index (κ3) is 9.41. The summed E-state index contributed by atoms with van der Waals surface area (Å²) in [4.78, 5) is 30.0. The van der Waals surface area contributed by atoms with Crippen molar-refractivity contribution in [2.75, 3.05) is 28.4 Å². The van der Waals surface area contributed by atoms with Crippen molar-refractivity contribution in [2.24, 2.45) is 11.8 Å². The summed E-state index contributed by atoms with van der Waals surface area (Å²) in [5.41, 5.74) is 0.304. The van der Waals surface area contributed by atoms with E-state index in [9.17, 15) is 9.59 Å². The van der Waals surface area contributed by atoms with Gasteiger partial charge in [-0.3, -0.25) is 0 Å². The first-order chi connectivity index (χ1) is 17.6. The molecule has 2 aromatic heterocycles. The number of rotatable bonds is 8. The lowest BCUT2D eigenvalue weighted by Gasteiger charge is -2.16. The second-order valence-corrected chi connectivity index (χ2v) is 8.68. The topological polar surface area (TPSA) is 147 Å². The van der Waals surface area contributed by atoms with Crippen LogP contribution in [-0.2, 0) is 9.47 Å². The van der Waals surface area contributed by atoms with Crippen LogP contribution in [0.2, 0.25) is 0 Å². The molecule has 2 aliphatic rings. The Hall–Kier alpha value is -3.60. The molecule has 0 unspecified atom stereocenters. The van der Waals surface area contributed by atoms with Crippen molar-refractivity contribution >= 4 is 11.9 Å². The van der Waals surface area contributed by atoms with Gasteiger partial charge in [0.05, 0.1) is 53.0 Å². The van der Waals surface area contributed by atoms with Crippen LogP contribution in [0.1, 0.15) is 60.5 Å². The van der Waals surface area contributed by atoms with Crippen LogP contribution in [0.3, 0.4) is 0 Å². The fourth-order valence-electron chi connectivity index (χ4n) is 3.14. The first-order valence-corrected chi connectivity index (χ1v) is 11.9. The number of hydrogen-bond donors (Lipinski definition) is 2. The van der Waals surface area contributed by atoms with Gasteiger partial charge in [-0.1, -0.05) is 0 Å². The number of methoxy groups -OCH3 is 4. The largest absolute Gasteiger partial charge is 0.503 e. The number of carbonyl (C=O) groups excluding carboxylic acids is 2. The second kappa shape index (κ2) is 14.2. The molecule has 0 bridgehead atoms. The number of carbonyl (C=O) groups is 2. The Morgan fingerprint density at radius 2 is 1.30 bits per heavy atom. The Bertz CT molecular complexity index is 1040. The number of aliphatic hydroxyl groups is 1. The number of aromatic hydroxyl groups is 1. The molecule has 204 valence electrons. The fourth-order valence-corrected chi connectivity index (χ4v) is 3.14. The summed E-state index contributed by atoms with van der Waals surface area (Å²) in [6, 6.07) is 2.84. The van der Waals surface area contributed by atoms with Gasteiger partial charge < -0.3 is 33.9 Å². The lowest BCUT2D eigenvalue weighted by Crippen LogP contribution is -2.15. The number of hydrogen-bond acceptors (Lipinski definition) is 11. The second-order valence-electron chi connectivity index (χ2n) is 8.68. The van der Waals surface area contributed by atoms with Gasteiger partial charge in [0, 0.05) is 12.1 Å². The van der Waals surface area contributed by atoms with Crippen molar-refractivity contribution in [3.05, 3.63) is 35.9 Å². The molecule has 0 amide bonds. The van der Waals surface area contributed by atoms with Crippen molar-refractivity contribution in [3.8, 4) is 23.0 Å². The molecule has 2 saturated carbocycles. The summed E-state index contributed by atoms with van der Waals surface area (Å²) >= 11 is 0. The van der Waals surface area contributed by atoms with Gasteiger partial charge in [-0.25, -0.2) is 19.6 Å². The van der Waals surface area contributed by atoms with Crippen LogP contribution >= 0.6 is 0 Å². The van der Waals surface area contributed by atoms with Crippen LogP contribution in [0.5, 0.6) is 23.0 Å². The first-order valence-electron chi connectivity index (χ1n) is 11.9. The van der Waals surface area contributed by atoms with Gasteiger partial charge in [0.15, 0.2) is 34.4 Å². The molecule has 0 aromatic carbocycles. The van der Waals surface area contributed by atoms with Crippen LogP contribution in [0.25, 0.3) is 0 Å². The van der Waals surface area contributed by atoms with E-state index in [4.69, 9.17) is 24.4 Å². The van der Waals surface area contributed by atoms with Gasteiger partial charge in [0.2, 0.25) is 0 Å². The monoisotopic (exact) mass is 520 g/mol. The summed E-state index contributed by atoms with van der Waals surface area (Å²) in [7, 11) is 5.49. The minimum atomic E-state index is -0.571. The molecule has 2 heterocycles. The molecule has 4 rings (SSSR count). The molecule has 11 heteroatoms. The molecule has 2 aromatic rings. The van der Waals surface area contributed by atoms with Crippen LogP contribution < -0.4 is 14.2 Å². The van der Waals surface area contributed by atoms with E-state index < -0.39 is 11.9 Å². The van der Waals surface area contributed by atoms with Gasteiger partial charge in [0.25, 0.3) is 0 Å². The van der Waals surface area contributed by atoms with E-state index in [0.717, 1.165) is 6.20 Å². The summed E-state index contributed by atoms with van der Waals surface area (Å²) < 4.78 is 24.8. The first kappa shape index (κ1) is 29.6. The molecule has 37 heavy (non-hydrogen) atoms. The van der Waals surface area contributed by atoms with Crippen LogP contribution in [-0.4, -0.2) is 72.8 Å². The Labute approximate surface area is 216 Å². The fraction of sp³-hybridized carbons (Fsp3) is 0.538. The Morgan fingerprint density at radius 1 is 0.811 bits per heavy atom. The minimum absolute atomic E-state index is 0.0370. The maximum absolute atomic E-state index is 11.4. The summed E-state index contributed by atoms with van der Waals surface area (Å²) in [6.45, 7) is 3.89. The van der Waals surface area contributed by atoms with Crippen molar-refractivity contribution in [1.82, 2.24) is 9.97 Å².